The third-order valence-electron chi connectivity index (χ3n) is 4.47. The number of carbonyl (C=O) groups excluding carboxylic acids is 2. The van der Waals surface area contributed by atoms with Gasteiger partial charge < -0.3 is 10.2 Å². The Labute approximate surface area is 183 Å². The van der Waals surface area contributed by atoms with Gasteiger partial charge in [0, 0.05) is 34.7 Å². The van der Waals surface area contributed by atoms with E-state index in [4.69, 9.17) is 11.6 Å². The Balaban J connectivity index is 2.05. The van der Waals surface area contributed by atoms with Crippen LogP contribution in [-0.4, -0.2) is 34.6 Å². The average Bonchev–Trinajstić information content (AvgIpc) is 2.68. The minimum atomic E-state index is -0.551. The van der Waals surface area contributed by atoms with E-state index in [9.17, 15) is 9.59 Å². The van der Waals surface area contributed by atoms with Crippen LogP contribution in [0.15, 0.2) is 53.4 Å². The van der Waals surface area contributed by atoms with Crippen molar-refractivity contribution in [2.75, 3.05) is 5.75 Å². The van der Waals surface area contributed by atoms with Gasteiger partial charge in [-0.2, -0.15) is 0 Å². The Morgan fingerprint density at radius 3 is 2.24 bits per heavy atom. The van der Waals surface area contributed by atoms with Crippen molar-refractivity contribution in [2.24, 2.45) is 0 Å². The number of nitrogens with zero attached hydrogens (tertiary/aromatic N) is 1. The second-order valence-corrected chi connectivity index (χ2v) is 9.00. The highest BCUT2D eigenvalue weighted by molar-refractivity contribution is 7.99. The van der Waals surface area contributed by atoms with Crippen molar-refractivity contribution in [1.82, 2.24) is 10.2 Å². The van der Waals surface area contributed by atoms with Gasteiger partial charge in [-0.1, -0.05) is 41.4 Å². The van der Waals surface area contributed by atoms with Gasteiger partial charge in [-0.25, -0.2) is 0 Å². The Morgan fingerprint density at radius 2 is 1.66 bits per heavy atom. The molecule has 0 aromatic heterocycles. The van der Waals surface area contributed by atoms with E-state index >= 15 is 0 Å². The summed E-state index contributed by atoms with van der Waals surface area (Å²) in [5.41, 5.74) is 2.16. The number of benzene rings is 2. The number of hydrogen-bond acceptors (Lipinski definition) is 3. The van der Waals surface area contributed by atoms with Crippen LogP contribution < -0.4 is 5.32 Å². The summed E-state index contributed by atoms with van der Waals surface area (Å²) in [6.45, 7) is 8.02. The quantitative estimate of drug-likeness (QED) is 0.562. The van der Waals surface area contributed by atoms with Gasteiger partial charge >= 0.3 is 0 Å². The number of thioether (sulfide) groups is 1. The number of nitrogens with one attached hydrogen (secondary N) is 1. The molecule has 2 aromatic rings. The van der Waals surface area contributed by atoms with Crippen LogP contribution in [0.4, 0.5) is 0 Å². The maximum absolute atomic E-state index is 13.0. The molecule has 0 aliphatic rings. The average molecular weight is 433 g/mol. The summed E-state index contributed by atoms with van der Waals surface area (Å²) < 4.78 is 0. The molecule has 2 aromatic carbocycles. The van der Waals surface area contributed by atoms with Crippen LogP contribution in [0.25, 0.3) is 0 Å². The second kappa shape index (κ2) is 11.3. The molecule has 1 unspecified atom stereocenters. The molecule has 0 spiro atoms. The lowest BCUT2D eigenvalue weighted by Gasteiger charge is -2.29. The van der Waals surface area contributed by atoms with Crippen LogP contribution in [-0.2, 0) is 16.1 Å². The van der Waals surface area contributed by atoms with Crippen LogP contribution in [0.3, 0.4) is 0 Å². The Hall–Kier alpha value is -1.98. The number of rotatable bonds is 9. The lowest BCUT2D eigenvalue weighted by molar-refractivity contribution is -0.140. The molecule has 2 rings (SSSR count). The topological polar surface area (TPSA) is 49.4 Å². The van der Waals surface area contributed by atoms with Gasteiger partial charge in [0.1, 0.15) is 6.04 Å². The molecular weight excluding hydrogens is 404 g/mol. The van der Waals surface area contributed by atoms with Crippen LogP contribution in [0.2, 0.25) is 5.02 Å². The van der Waals surface area contributed by atoms with Crippen molar-refractivity contribution in [3.05, 3.63) is 64.7 Å². The first kappa shape index (κ1) is 23.3. The van der Waals surface area contributed by atoms with Crippen molar-refractivity contribution in [3.8, 4) is 0 Å². The Bertz CT molecular complexity index is 807. The molecule has 156 valence electrons. The van der Waals surface area contributed by atoms with Gasteiger partial charge in [0.15, 0.2) is 0 Å². The molecule has 0 aliphatic carbocycles. The normalized spacial score (nSPS) is 11.9. The lowest BCUT2D eigenvalue weighted by atomic mass is 10.1. The van der Waals surface area contributed by atoms with E-state index < -0.39 is 6.04 Å². The molecule has 0 aliphatic heterocycles. The molecule has 1 N–H and O–H groups in total. The summed E-state index contributed by atoms with van der Waals surface area (Å²) in [5, 5.41) is 3.55. The van der Waals surface area contributed by atoms with Gasteiger partial charge in [-0.15, -0.1) is 11.8 Å². The number of amides is 2. The van der Waals surface area contributed by atoms with Crippen LogP contribution >= 0.6 is 23.4 Å². The van der Waals surface area contributed by atoms with Crippen molar-refractivity contribution in [2.45, 2.75) is 57.6 Å². The first-order valence-corrected chi connectivity index (χ1v) is 11.2. The zero-order chi connectivity index (χ0) is 21.4. The Kier molecular flexibility index (Phi) is 9.05. The fourth-order valence-corrected chi connectivity index (χ4v) is 3.78. The van der Waals surface area contributed by atoms with E-state index in [0.29, 0.717) is 23.7 Å². The van der Waals surface area contributed by atoms with E-state index in [1.54, 1.807) is 35.7 Å². The molecule has 0 fully saturated rings. The van der Waals surface area contributed by atoms with Gasteiger partial charge in [0.25, 0.3) is 0 Å². The summed E-state index contributed by atoms with van der Waals surface area (Å²) in [4.78, 5) is 28.3. The molecule has 1 atom stereocenters. The summed E-state index contributed by atoms with van der Waals surface area (Å²) >= 11 is 7.62. The van der Waals surface area contributed by atoms with E-state index in [-0.39, 0.29) is 17.9 Å². The van der Waals surface area contributed by atoms with Crippen molar-refractivity contribution in [3.63, 3.8) is 0 Å². The van der Waals surface area contributed by atoms with Gasteiger partial charge in [0.2, 0.25) is 11.8 Å². The SMILES string of the molecule is Cc1ccc(SCCC(=O)N(Cc2ccc(Cl)cc2)C(C)C(=O)NC(C)C)cc1. The minimum Gasteiger partial charge on any atom is -0.352 e. The summed E-state index contributed by atoms with van der Waals surface area (Å²) in [7, 11) is 0. The summed E-state index contributed by atoms with van der Waals surface area (Å²) in [6.07, 6.45) is 0.366. The summed E-state index contributed by atoms with van der Waals surface area (Å²) in [5.74, 6) is 0.483. The predicted octanol–water partition coefficient (Wildman–Crippen LogP) is 5.07. The zero-order valence-corrected chi connectivity index (χ0v) is 19.0. The zero-order valence-electron chi connectivity index (χ0n) is 17.4. The molecule has 0 radical (unpaired) electrons. The number of hydrogen-bond donors (Lipinski definition) is 1. The number of carbonyl (C=O) groups is 2. The molecule has 29 heavy (non-hydrogen) atoms. The van der Waals surface area contributed by atoms with E-state index in [1.165, 1.54) is 5.56 Å². The maximum atomic E-state index is 13.0. The third-order valence-corrected chi connectivity index (χ3v) is 5.74. The monoisotopic (exact) mass is 432 g/mol. The molecule has 0 saturated carbocycles. The van der Waals surface area contributed by atoms with Crippen molar-refractivity contribution < 1.29 is 9.59 Å². The highest BCUT2D eigenvalue weighted by Crippen LogP contribution is 2.21. The van der Waals surface area contributed by atoms with Gasteiger partial charge in [-0.05, 0) is 57.5 Å². The maximum Gasteiger partial charge on any atom is 0.242 e. The molecule has 0 heterocycles. The lowest BCUT2D eigenvalue weighted by Crippen LogP contribution is -2.49. The molecule has 2 amide bonds. The van der Waals surface area contributed by atoms with Crippen LogP contribution in [0, 0.1) is 6.92 Å². The first-order chi connectivity index (χ1) is 13.8. The standard InChI is InChI=1S/C23H29ClN2O2S/c1-16(2)25-23(28)18(4)26(15-19-7-9-20(24)10-8-19)22(27)13-14-29-21-11-5-17(3)6-12-21/h5-12,16,18H,13-15H2,1-4H3,(H,25,28). The Morgan fingerprint density at radius 1 is 1.03 bits per heavy atom. The van der Waals surface area contributed by atoms with Crippen LogP contribution in [0.5, 0.6) is 0 Å². The predicted molar refractivity (Wildman–Crippen MR) is 121 cm³/mol. The molecule has 0 saturated heterocycles. The van der Waals surface area contributed by atoms with Crippen molar-refractivity contribution in [1.29, 1.82) is 0 Å². The largest absolute Gasteiger partial charge is 0.352 e. The fourth-order valence-electron chi connectivity index (χ4n) is 2.81. The fraction of sp³-hybridized carbons (Fsp3) is 0.391. The van der Waals surface area contributed by atoms with Gasteiger partial charge in [-0.3, -0.25) is 9.59 Å². The third kappa shape index (κ3) is 7.75. The second-order valence-electron chi connectivity index (χ2n) is 7.40. The molecule has 0 bridgehead atoms. The molecular formula is C23H29ClN2O2S. The van der Waals surface area contributed by atoms with E-state index in [2.05, 4.69) is 36.5 Å². The smallest absolute Gasteiger partial charge is 0.242 e. The number of halogens is 1. The summed E-state index contributed by atoms with van der Waals surface area (Å²) in [6, 6.07) is 15.1. The first-order valence-electron chi connectivity index (χ1n) is 9.80. The highest BCUT2D eigenvalue weighted by atomic mass is 35.5. The highest BCUT2D eigenvalue weighted by Gasteiger charge is 2.26. The molecule has 6 heteroatoms. The van der Waals surface area contributed by atoms with Crippen LogP contribution in [0.1, 0.15) is 38.3 Å². The van der Waals surface area contributed by atoms with E-state index in [1.807, 2.05) is 26.0 Å². The molecule has 4 nitrogen and oxygen atoms in total. The van der Waals surface area contributed by atoms with Crippen molar-refractivity contribution >= 4 is 35.2 Å². The van der Waals surface area contributed by atoms with Gasteiger partial charge in [0.05, 0.1) is 0 Å². The van der Waals surface area contributed by atoms with E-state index in [0.717, 1.165) is 10.5 Å². The number of aryl methyl sites for hydroxylation is 1. The minimum absolute atomic E-state index is 0.0227.